The van der Waals surface area contributed by atoms with Crippen LogP contribution in [0, 0.1) is 13.8 Å². The maximum atomic E-state index is 12.6. The van der Waals surface area contributed by atoms with Gasteiger partial charge in [-0.2, -0.15) is 5.10 Å². The van der Waals surface area contributed by atoms with Gasteiger partial charge in [-0.25, -0.2) is 9.67 Å². The molecular formula is C21H20ClN5O2. The zero-order chi connectivity index (χ0) is 20.5. The van der Waals surface area contributed by atoms with Crippen molar-refractivity contribution in [1.29, 1.82) is 0 Å². The fraction of sp³-hybridized carbons (Fsp3) is 0.190. The topological polar surface area (TPSA) is 74.0 Å². The fourth-order valence-corrected chi connectivity index (χ4v) is 3.22. The number of hydrogen-bond donors (Lipinski definition) is 1. The van der Waals surface area contributed by atoms with Crippen molar-refractivity contribution in [2.24, 2.45) is 7.05 Å². The Bertz CT molecular complexity index is 1190. The molecule has 29 heavy (non-hydrogen) atoms. The predicted octanol–water partition coefficient (Wildman–Crippen LogP) is 4.33. The molecule has 2 aromatic heterocycles. The molecule has 0 unspecified atom stereocenters. The van der Waals surface area contributed by atoms with E-state index in [4.69, 9.17) is 16.3 Å². The second kappa shape index (κ2) is 7.60. The van der Waals surface area contributed by atoms with Crippen molar-refractivity contribution in [3.63, 3.8) is 0 Å². The number of aromatic nitrogens is 4. The van der Waals surface area contributed by atoms with E-state index in [1.165, 1.54) is 0 Å². The van der Waals surface area contributed by atoms with Crippen molar-refractivity contribution in [1.82, 2.24) is 19.3 Å². The molecule has 1 N–H and O–H groups in total. The minimum atomic E-state index is -0.333. The van der Waals surface area contributed by atoms with E-state index in [0.29, 0.717) is 11.7 Å². The van der Waals surface area contributed by atoms with E-state index in [2.05, 4.69) is 15.4 Å². The van der Waals surface area contributed by atoms with Gasteiger partial charge >= 0.3 is 0 Å². The highest BCUT2D eigenvalue weighted by Gasteiger charge is 2.14. The van der Waals surface area contributed by atoms with Crippen LogP contribution in [0.15, 0.2) is 48.7 Å². The summed E-state index contributed by atoms with van der Waals surface area (Å²) in [6.07, 6.45) is 1.69. The number of aryl methyl sites for hydroxylation is 3. The van der Waals surface area contributed by atoms with Crippen LogP contribution in [0.2, 0.25) is 5.02 Å². The molecule has 0 fully saturated rings. The number of fused-ring (bicyclic) bond motifs is 1. The van der Waals surface area contributed by atoms with Crippen molar-refractivity contribution in [2.75, 3.05) is 5.32 Å². The Kier molecular flexibility index (Phi) is 4.98. The van der Waals surface area contributed by atoms with Gasteiger partial charge in [0.2, 0.25) is 5.95 Å². The fourth-order valence-electron chi connectivity index (χ4n) is 3.11. The summed E-state index contributed by atoms with van der Waals surface area (Å²) in [5.41, 5.74) is 3.94. The van der Waals surface area contributed by atoms with Gasteiger partial charge in [0.05, 0.1) is 11.0 Å². The molecule has 0 atom stereocenters. The first kappa shape index (κ1) is 19.0. The normalized spacial score (nSPS) is 11.0. The molecule has 0 bridgehead atoms. The van der Waals surface area contributed by atoms with E-state index < -0.39 is 0 Å². The average Bonchev–Trinajstić information content (AvgIpc) is 3.30. The molecule has 4 rings (SSSR count). The van der Waals surface area contributed by atoms with Gasteiger partial charge in [-0.15, -0.1) is 0 Å². The second-order valence-corrected chi connectivity index (χ2v) is 7.20. The highest BCUT2D eigenvalue weighted by molar-refractivity contribution is 6.32. The van der Waals surface area contributed by atoms with Crippen molar-refractivity contribution in [3.05, 3.63) is 70.5 Å². The lowest BCUT2D eigenvalue weighted by molar-refractivity contribution is 0.101. The van der Waals surface area contributed by atoms with Gasteiger partial charge < -0.3 is 9.30 Å². The number of para-hydroxylation sites is 2. The number of rotatable bonds is 5. The van der Waals surface area contributed by atoms with E-state index in [1.54, 1.807) is 16.9 Å². The molecule has 0 spiro atoms. The quantitative estimate of drug-likeness (QED) is 0.532. The van der Waals surface area contributed by atoms with E-state index in [-0.39, 0.29) is 18.3 Å². The lowest BCUT2D eigenvalue weighted by Crippen LogP contribution is -2.16. The third-order valence-electron chi connectivity index (χ3n) is 4.66. The summed E-state index contributed by atoms with van der Waals surface area (Å²) < 4.78 is 9.16. The lowest BCUT2D eigenvalue weighted by atomic mass is 10.1. The maximum Gasteiger partial charge on any atom is 0.278 e. The average molecular weight is 410 g/mol. The number of halogens is 1. The summed E-state index contributed by atoms with van der Waals surface area (Å²) in [4.78, 5) is 17.0. The number of carbonyl (C=O) groups excluding carboxylic acids is 1. The van der Waals surface area contributed by atoms with Crippen LogP contribution in [0.25, 0.3) is 11.0 Å². The van der Waals surface area contributed by atoms with Crippen LogP contribution >= 0.6 is 11.6 Å². The van der Waals surface area contributed by atoms with E-state index >= 15 is 0 Å². The molecule has 0 aliphatic rings. The third kappa shape index (κ3) is 3.82. The first-order chi connectivity index (χ1) is 13.9. The van der Waals surface area contributed by atoms with Gasteiger partial charge in [-0.05, 0) is 55.3 Å². The van der Waals surface area contributed by atoms with Crippen molar-refractivity contribution in [3.8, 4) is 5.75 Å². The first-order valence-electron chi connectivity index (χ1n) is 9.08. The molecule has 8 heteroatoms. The number of carbonyl (C=O) groups is 1. The Hall–Kier alpha value is -3.32. The van der Waals surface area contributed by atoms with E-state index in [9.17, 15) is 4.79 Å². The van der Waals surface area contributed by atoms with E-state index in [0.717, 1.165) is 27.2 Å². The number of ether oxygens (including phenoxy) is 1. The van der Waals surface area contributed by atoms with Crippen LogP contribution in [-0.4, -0.2) is 25.2 Å². The zero-order valence-electron chi connectivity index (χ0n) is 16.3. The Labute approximate surface area is 172 Å². The predicted molar refractivity (Wildman–Crippen MR) is 112 cm³/mol. The summed E-state index contributed by atoms with van der Waals surface area (Å²) in [5.74, 6) is 0.833. The number of imidazole rings is 1. The second-order valence-electron chi connectivity index (χ2n) is 6.82. The Morgan fingerprint density at radius 2 is 1.90 bits per heavy atom. The molecule has 2 heterocycles. The van der Waals surface area contributed by atoms with Gasteiger partial charge in [-0.3, -0.25) is 10.1 Å². The number of anilines is 1. The van der Waals surface area contributed by atoms with Crippen LogP contribution in [0.5, 0.6) is 5.75 Å². The summed E-state index contributed by atoms with van der Waals surface area (Å²) >= 11 is 6.18. The van der Waals surface area contributed by atoms with Crippen molar-refractivity contribution >= 4 is 34.5 Å². The molecule has 0 radical (unpaired) electrons. The Balaban J connectivity index is 1.44. The molecule has 0 aliphatic heterocycles. The Morgan fingerprint density at radius 1 is 1.17 bits per heavy atom. The molecule has 0 aliphatic carbocycles. The van der Waals surface area contributed by atoms with Gasteiger partial charge in [0.25, 0.3) is 5.91 Å². The molecule has 0 saturated heterocycles. The van der Waals surface area contributed by atoms with Crippen LogP contribution in [0.3, 0.4) is 0 Å². The monoisotopic (exact) mass is 409 g/mol. The zero-order valence-corrected chi connectivity index (χ0v) is 17.1. The molecule has 4 aromatic rings. The summed E-state index contributed by atoms with van der Waals surface area (Å²) in [6.45, 7) is 4.04. The smallest absolute Gasteiger partial charge is 0.278 e. The molecular weight excluding hydrogens is 390 g/mol. The van der Waals surface area contributed by atoms with Crippen LogP contribution in [0.1, 0.15) is 21.6 Å². The summed E-state index contributed by atoms with van der Waals surface area (Å²) in [5, 5.41) is 7.82. The molecule has 7 nitrogen and oxygen atoms in total. The minimum Gasteiger partial charge on any atom is -0.471 e. The molecule has 148 valence electrons. The highest BCUT2D eigenvalue weighted by Crippen LogP contribution is 2.26. The molecule has 1 amide bonds. The minimum absolute atomic E-state index is 0.181. The van der Waals surface area contributed by atoms with Crippen LogP contribution < -0.4 is 10.1 Å². The third-order valence-corrected chi connectivity index (χ3v) is 5.26. The lowest BCUT2D eigenvalue weighted by Gasteiger charge is -2.10. The number of nitrogens with one attached hydrogen (secondary N) is 1. The van der Waals surface area contributed by atoms with Crippen LogP contribution in [0.4, 0.5) is 5.95 Å². The maximum absolute atomic E-state index is 12.6. The van der Waals surface area contributed by atoms with Gasteiger partial charge in [0.15, 0.2) is 12.4 Å². The Morgan fingerprint density at radius 3 is 2.62 bits per heavy atom. The standard InChI is InChI=1S/C21H20ClN5O2/c1-13-10-15(11-14(2)19(13)22)29-12-27-9-8-17(25-27)20(28)24-21-23-16-6-4-5-7-18(16)26(21)3/h4-11H,12H2,1-3H3,(H,23,24,28). The summed E-state index contributed by atoms with van der Waals surface area (Å²) in [6, 6.07) is 13.1. The number of hydrogen-bond acceptors (Lipinski definition) is 4. The molecule has 0 saturated carbocycles. The van der Waals surface area contributed by atoms with Gasteiger partial charge in [0.1, 0.15) is 5.75 Å². The SMILES string of the molecule is Cc1cc(OCn2ccc(C(=O)Nc3nc4ccccc4n3C)n2)cc(C)c1Cl. The largest absolute Gasteiger partial charge is 0.471 e. The molecule has 2 aromatic carbocycles. The highest BCUT2D eigenvalue weighted by atomic mass is 35.5. The number of nitrogens with zero attached hydrogens (tertiary/aromatic N) is 4. The van der Waals surface area contributed by atoms with Gasteiger partial charge in [-0.1, -0.05) is 23.7 Å². The van der Waals surface area contributed by atoms with Crippen LogP contribution in [-0.2, 0) is 13.8 Å². The summed E-state index contributed by atoms with van der Waals surface area (Å²) in [7, 11) is 1.85. The number of benzene rings is 2. The first-order valence-corrected chi connectivity index (χ1v) is 9.46. The van der Waals surface area contributed by atoms with Crippen molar-refractivity contribution < 1.29 is 9.53 Å². The van der Waals surface area contributed by atoms with E-state index in [1.807, 2.05) is 61.9 Å². The van der Waals surface area contributed by atoms with Crippen molar-refractivity contribution in [2.45, 2.75) is 20.6 Å². The van der Waals surface area contributed by atoms with Gasteiger partial charge in [0, 0.05) is 18.3 Å². The number of amides is 1.